The highest BCUT2D eigenvalue weighted by molar-refractivity contribution is 6.30. The number of methoxy groups -OCH3 is 1. The van der Waals surface area contributed by atoms with E-state index in [-0.39, 0.29) is 12.3 Å². The molecule has 140 valence electrons. The zero-order valence-electron chi connectivity index (χ0n) is 14.9. The van der Waals surface area contributed by atoms with Gasteiger partial charge in [0, 0.05) is 29.2 Å². The van der Waals surface area contributed by atoms with Gasteiger partial charge in [0.05, 0.1) is 19.9 Å². The van der Waals surface area contributed by atoms with Gasteiger partial charge < -0.3 is 19.8 Å². The van der Waals surface area contributed by atoms with E-state index in [9.17, 15) is 4.79 Å². The second kappa shape index (κ2) is 8.60. The van der Waals surface area contributed by atoms with Gasteiger partial charge in [-0.25, -0.2) is 4.98 Å². The van der Waals surface area contributed by atoms with Crippen LogP contribution in [-0.4, -0.2) is 24.5 Å². The molecule has 2 aromatic carbocycles. The van der Waals surface area contributed by atoms with Crippen molar-refractivity contribution in [3.63, 3.8) is 0 Å². The minimum Gasteiger partial charge on any atom is -0.497 e. The first kappa shape index (κ1) is 18.8. The molecule has 3 aromatic rings. The van der Waals surface area contributed by atoms with Crippen molar-refractivity contribution in [3.05, 3.63) is 65.6 Å². The third-order valence-electron chi connectivity index (χ3n) is 4.07. The number of primary amides is 1. The topological polar surface area (TPSA) is 81.6 Å². The molecule has 0 aliphatic heterocycles. The molecule has 27 heavy (non-hydrogen) atoms. The lowest BCUT2D eigenvalue weighted by atomic mass is 10.2. The van der Waals surface area contributed by atoms with Crippen molar-refractivity contribution < 1.29 is 13.9 Å². The summed E-state index contributed by atoms with van der Waals surface area (Å²) < 4.78 is 11.1. The Labute approximate surface area is 162 Å². The Hall–Kier alpha value is -2.99. The largest absolute Gasteiger partial charge is 0.497 e. The number of halogens is 1. The van der Waals surface area contributed by atoms with Crippen LogP contribution >= 0.6 is 11.6 Å². The molecule has 0 saturated heterocycles. The SMILES string of the molecule is COc1ccc(N(CCC(N)=O)Cc2ncc(-c3ccc(Cl)cc3)o2)cc1. The average molecular weight is 386 g/mol. The van der Waals surface area contributed by atoms with Gasteiger partial charge in [-0.15, -0.1) is 0 Å². The first-order chi connectivity index (χ1) is 13.0. The van der Waals surface area contributed by atoms with Gasteiger partial charge in [0.25, 0.3) is 0 Å². The predicted molar refractivity (Wildman–Crippen MR) is 105 cm³/mol. The molecule has 0 fully saturated rings. The molecule has 1 amide bonds. The first-order valence-electron chi connectivity index (χ1n) is 8.43. The van der Waals surface area contributed by atoms with E-state index in [4.69, 9.17) is 26.5 Å². The summed E-state index contributed by atoms with van der Waals surface area (Å²) in [5.74, 6) is 1.60. The van der Waals surface area contributed by atoms with E-state index in [1.54, 1.807) is 25.4 Å². The third-order valence-corrected chi connectivity index (χ3v) is 4.33. The number of amides is 1. The number of aromatic nitrogens is 1. The van der Waals surface area contributed by atoms with E-state index in [0.29, 0.717) is 29.8 Å². The molecule has 0 atom stereocenters. The molecule has 0 radical (unpaired) electrons. The van der Waals surface area contributed by atoms with Crippen molar-refractivity contribution in [3.8, 4) is 17.1 Å². The third kappa shape index (κ3) is 5.01. The number of carbonyl (C=O) groups is 1. The van der Waals surface area contributed by atoms with Crippen LogP contribution in [0.2, 0.25) is 5.02 Å². The monoisotopic (exact) mass is 385 g/mol. The molecule has 1 heterocycles. The van der Waals surface area contributed by atoms with E-state index in [1.165, 1.54) is 0 Å². The smallest absolute Gasteiger partial charge is 0.219 e. The highest BCUT2D eigenvalue weighted by Gasteiger charge is 2.14. The second-order valence-corrected chi connectivity index (χ2v) is 6.40. The summed E-state index contributed by atoms with van der Waals surface area (Å²) in [4.78, 5) is 17.6. The van der Waals surface area contributed by atoms with Crippen LogP contribution in [-0.2, 0) is 11.3 Å². The molecule has 0 bridgehead atoms. The van der Waals surface area contributed by atoms with E-state index in [2.05, 4.69) is 4.98 Å². The van der Waals surface area contributed by atoms with Crippen molar-refractivity contribution in [2.24, 2.45) is 5.73 Å². The number of carbonyl (C=O) groups excluding carboxylic acids is 1. The zero-order valence-corrected chi connectivity index (χ0v) is 15.6. The van der Waals surface area contributed by atoms with Gasteiger partial charge in [0.2, 0.25) is 11.8 Å². The Morgan fingerprint density at radius 2 is 1.89 bits per heavy atom. The summed E-state index contributed by atoms with van der Waals surface area (Å²) in [6, 6.07) is 14.9. The van der Waals surface area contributed by atoms with E-state index < -0.39 is 0 Å². The van der Waals surface area contributed by atoms with Crippen LogP contribution in [0.15, 0.2) is 59.1 Å². The van der Waals surface area contributed by atoms with Gasteiger partial charge >= 0.3 is 0 Å². The normalized spacial score (nSPS) is 10.6. The van der Waals surface area contributed by atoms with Crippen LogP contribution in [0.25, 0.3) is 11.3 Å². The van der Waals surface area contributed by atoms with Gasteiger partial charge in [-0.1, -0.05) is 11.6 Å². The molecule has 0 spiro atoms. The van der Waals surface area contributed by atoms with Crippen LogP contribution in [0, 0.1) is 0 Å². The standard InChI is InChI=1S/C20H20ClN3O3/c1-26-17-8-6-16(7-9-17)24(11-10-19(22)25)13-20-23-12-18(27-20)14-2-4-15(21)5-3-14/h2-9,12H,10-11,13H2,1H3,(H2,22,25). The Balaban J connectivity index is 1.78. The number of oxazole rings is 1. The van der Waals surface area contributed by atoms with Crippen LogP contribution in [0.4, 0.5) is 5.69 Å². The summed E-state index contributed by atoms with van der Waals surface area (Å²) in [5, 5.41) is 0.663. The Morgan fingerprint density at radius 3 is 2.52 bits per heavy atom. The quantitative estimate of drug-likeness (QED) is 0.636. The minimum absolute atomic E-state index is 0.233. The molecule has 0 unspecified atom stereocenters. The maximum Gasteiger partial charge on any atom is 0.219 e. The zero-order chi connectivity index (χ0) is 19.2. The fraction of sp³-hybridized carbons (Fsp3) is 0.200. The molecule has 0 saturated carbocycles. The molecule has 3 rings (SSSR count). The van der Waals surface area contributed by atoms with Crippen LogP contribution < -0.4 is 15.4 Å². The summed E-state index contributed by atoms with van der Waals surface area (Å²) in [5.41, 5.74) is 7.13. The minimum atomic E-state index is -0.359. The van der Waals surface area contributed by atoms with E-state index >= 15 is 0 Å². The molecule has 6 nitrogen and oxygen atoms in total. The number of anilines is 1. The number of ether oxygens (including phenoxy) is 1. The fourth-order valence-corrected chi connectivity index (χ4v) is 2.76. The molecule has 1 aromatic heterocycles. The lowest BCUT2D eigenvalue weighted by Crippen LogP contribution is -2.27. The number of benzene rings is 2. The predicted octanol–water partition coefficient (Wildman–Crippen LogP) is 3.89. The van der Waals surface area contributed by atoms with Gasteiger partial charge in [-0.3, -0.25) is 4.79 Å². The van der Waals surface area contributed by atoms with Gasteiger partial charge in [-0.05, 0) is 48.5 Å². The highest BCUT2D eigenvalue weighted by atomic mass is 35.5. The number of hydrogen-bond acceptors (Lipinski definition) is 5. The van der Waals surface area contributed by atoms with Gasteiger partial charge in [0.15, 0.2) is 5.76 Å². The summed E-state index contributed by atoms with van der Waals surface area (Å²) >= 11 is 5.92. The maximum absolute atomic E-state index is 11.2. The summed E-state index contributed by atoms with van der Waals surface area (Å²) in [7, 11) is 1.62. The Bertz CT molecular complexity index is 892. The number of rotatable bonds is 8. The van der Waals surface area contributed by atoms with Crippen LogP contribution in [0.5, 0.6) is 5.75 Å². The maximum atomic E-state index is 11.2. The van der Waals surface area contributed by atoms with Crippen molar-refractivity contribution in [2.75, 3.05) is 18.6 Å². The lowest BCUT2D eigenvalue weighted by Gasteiger charge is -2.23. The van der Waals surface area contributed by atoms with Crippen LogP contribution in [0.3, 0.4) is 0 Å². The summed E-state index contributed by atoms with van der Waals surface area (Å²) in [6.07, 6.45) is 1.91. The number of hydrogen-bond donors (Lipinski definition) is 1. The first-order valence-corrected chi connectivity index (χ1v) is 8.81. The molecule has 0 aliphatic rings. The molecule has 0 aliphatic carbocycles. The van der Waals surface area contributed by atoms with Gasteiger partial charge in [-0.2, -0.15) is 0 Å². The second-order valence-electron chi connectivity index (χ2n) is 5.96. The number of nitrogens with zero attached hydrogens (tertiary/aromatic N) is 2. The Morgan fingerprint density at radius 1 is 1.19 bits per heavy atom. The van der Waals surface area contributed by atoms with E-state index in [0.717, 1.165) is 17.0 Å². The van der Waals surface area contributed by atoms with Crippen molar-refractivity contribution in [1.29, 1.82) is 0 Å². The fourth-order valence-electron chi connectivity index (χ4n) is 2.63. The average Bonchev–Trinajstić information content (AvgIpc) is 3.14. The highest BCUT2D eigenvalue weighted by Crippen LogP contribution is 2.25. The van der Waals surface area contributed by atoms with Gasteiger partial charge in [0.1, 0.15) is 5.75 Å². The van der Waals surface area contributed by atoms with Crippen LogP contribution in [0.1, 0.15) is 12.3 Å². The Kier molecular flexibility index (Phi) is 5.98. The lowest BCUT2D eigenvalue weighted by molar-refractivity contribution is -0.117. The van der Waals surface area contributed by atoms with Crippen molar-refractivity contribution in [1.82, 2.24) is 4.98 Å². The van der Waals surface area contributed by atoms with Crippen molar-refractivity contribution >= 4 is 23.2 Å². The molecular formula is C20H20ClN3O3. The number of nitrogens with two attached hydrogens (primary N) is 1. The molecule has 2 N–H and O–H groups in total. The molecular weight excluding hydrogens is 366 g/mol. The van der Waals surface area contributed by atoms with E-state index in [1.807, 2.05) is 41.3 Å². The summed E-state index contributed by atoms with van der Waals surface area (Å²) in [6.45, 7) is 0.869. The van der Waals surface area contributed by atoms with Crippen molar-refractivity contribution in [2.45, 2.75) is 13.0 Å². The molecule has 7 heteroatoms.